The molecule has 7 nitrogen and oxygen atoms in total. The molecule has 0 aromatic carbocycles. The molecule has 2 heterocycles. The number of nitrogens with zero attached hydrogens (tertiary/aromatic N) is 3. The zero-order valence-corrected chi connectivity index (χ0v) is 17.1. The van der Waals surface area contributed by atoms with Gasteiger partial charge >= 0.3 is 0 Å². The number of likely N-dealkylation sites (tertiary alicyclic amines) is 1. The van der Waals surface area contributed by atoms with Gasteiger partial charge in [-0.1, -0.05) is 12.5 Å². The molecule has 0 radical (unpaired) electrons. The fourth-order valence-electron chi connectivity index (χ4n) is 3.17. The van der Waals surface area contributed by atoms with Crippen LogP contribution < -0.4 is 16.0 Å². The molecule has 0 spiro atoms. The molecule has 0 unspecified atom stereocenters. The minimum Gasteiger partial charge on any atom is -0.356 e. The third-order valence-corrected chi connectivity index (χ3v) is 4.95. The normalized spacial score (nSPS) is 16.1. The van der Waals surface area contributed by atoms with Crippen LogP contribution >= 0.6 is 0 Å². The van der Waals surface area contributed by atoms with E-state index in [9.17, 15) is 4.79 Å². The summed E-state index contributed by atoms with van der Waals surface area (Å²) >= 11 is 0. The predicted octanol–water partition coefficient (Wildman–Crippen LogP) is 2.15. The van der Waals surface area contributed by atoms with E-state index in [0.29, 0.717) is 18.8 Å². The highest BCUT2D eigenvalue weighted by Gasteiger charge is 2.27. The van der Waals surface area contributed by atoms with Crippen molar-refractivity contribution in [1.29, 1.82) is 0 Å². The zero-order valence-electron chi connectivity index (χ0n) is 17.1. The SMILES string of the molecule is CN=C(NCCC(=O)Nc1ccc(C)cn1)NCC(C)(C)N1CCCCC1. The predicted molar refractivity (Wildman–Crippen MR) is 111 cm³/mol. The molecule has 1 aromatic heterocycles. The number of hydrogen-bond acceptors (Lipinski definition) is 4. The van der Waals surface area contributed by atoms with Crippen LogP contribution in [-0.2, 0) is 4.79 Å². The molecule has 0 saturated carbocycles. The molecule has 1 saturated heterocycles. The summed E-state index contributed by atoms with van der Waals surface area (Å²) in [6.07, 6.45) is 5.99. The lowest BCUT2D eigenvalue weighted by molar-refractivity contribution is -0.116. The largest absolute Gasteiger partial charge is 0.356 e. The number of aromatic nitrogens is 1. The minimum absolute atomic E-state index is 0.0667. The fraction of sp³-hybridized carbons (Fsp3) is 0.650. The van der Waals surface area contributed by atoms with E-state index in [0.717, 1.165) is 31.2 Å². The first kappa shape index (κ1) is 21.2. The van der Waals surface area contributed by atoms with Crippen molar-refractivity contribution in [3.8, 4) is 0 Å². The quantitative estimate of drug-likeness (QED) is 0.503. The first-order valence-electron chi connectivity index (χ1n) is 9.83. The average Bonchev–Trinajstić information content (AvgIpc) is 2.67. The zero-order chi connectivity index (χ0) is 19.7. The summed E-state index contributed by atoms with van der Waals surface area (Å²) in [4.78, 5) is 23.0. The van der Waals surface area contributed by atoms with Gasteiger partial charge in [-0.2, -0.15) is 0 Å². The number of hydrogen-bond donors (Lipinski definition) is 3. The number of carbonyl (C=O) groups is 1. The van der Waals surface area contributed by atoms with Gasteiger partial charge in [0.25, 0.3) is 0 Å². The first-order chi connectivity index (χ1) is 12.9. The summed E-state index contributed by atoms with van der Waals surface area (Å²) in [5.41, 5.74) is 1.14. The number of aliphatic imine (C=N–C) groups is 1. The Morgan fingerprint density at radius 1 is 1.22 bits per heavy atom. The maximum Gasteiger partial charge on any atom is 0.227 e. The van der Waals surface area contributed by atoms with Gasteiger partial charge in [0.2, 0.25) is 5.91 Å². The number of anilines is 1. The van der Waals surface area contributed by atoms with Gasteiger partial charge in [0.15, 0.2) is 5.96 Å². The van der Waals surface area contributed by atoms with Crippen molar-refractivity contribution in [2.24, 2.45) is 4.99 Å². The second kappa shape index (κ2) is 10.3. The van der Waals surface area contributed by atoms with Gasteiger partial charge in [-0.15, -0.1) is 0 Å². The molecule has 0 aliphatic carbocycles. The summed E-state index contributed by atoms with van der Waals surface area (Å²) < 4.78 is 0. The number of amides is 1. The summed E-state index contributed by atoms with van der Waals surface area (Å²) in [5, 5.41) is 9.40. The first-order valence-corrected chi connectivity index (χ1v) is 9.83. The number of pyridine rings is 1. The number of aryl methyl sites for hydroxylation is 1. The number of nitrogens with one attached hydrogen (secondary N) is 3. The third kappa shape index (κ3) is 7.17. The van der Waals surface area contributed by atoms with E-state index in [4.69, 9.17) is 0 Å². The highest BCUT2D eigenvalue weighted by atomic mass is 16.1. The number of carbonyl (C=O) groups excluding carboxylic acids is 1. The van der Waals surface area contributed by atoms with Crippen LogP contribution in [0.15, 0.2) is 23.3 Å². The molecule has 2 rings (SSSR count). The molecule has 1 amide bonds. The van der Waals surface area contributed by atoms with Crippen LogP contribution in [0.5, 0.6) is 0 Å². The Morgan fingerprint density at radius 3 is 2.59 bits per heavy atom. The Balaban J connectivity index is 1.70. The fourth-order valence-corrected chi connectivity index (χ4v) is 3.17. The van der Waals surface area contributed by atoms with Crippen molar-refractivity contribution in [2.75, 3.05) is 38.5 Å². The van der Waals surface area contributed by atoms with E-state index in [1.165, 1.54) is 19.3 Å². The maximum atomic E-state index is 12.0. The van der Waals surface area contributed by atoms with E-state index >= 15 is 0 Å². The molecule has 1 aliphatic heterocycles. The highest BCUT2D eigenvalue weighted by Crippen LogP contribution is 2.19. The van der Waals surface area contributed by atoms with Crippen LogP contribution in [-0.4, -0.2) is 60.5 Å². The standard InChI is InChI=1S/C20H34N6O/c1-16-8-9-17(23-14-16)25-18(27)10-11-22-19(21-4)24-15-20(2,3)26-12-6-5-7-13-26/h8-9,14H,5-7,10-13,15H2,1-4H3,(H2,21,22,24)(H,23,25,27). The average molecular weight is 375 g/mol. The van der Waals surface area contributed by atoms with Crippen LogP contribution in [0.4, 0.5) is 5.82 Å². The van der Waals surface area contributed by atoms with Crippen molar-refractivity contribution in [2.45, 2.75) is 52.0 Å². The molecular formula is C20H34N6O. The Morgan fingerprint density at radius 2 is 1.96 bits per heavy atom. The molecule has 3 N–H and O–H groups in total. The van der Waals surface area contributed by atoms with E-state index < -0.39 is 0 Å². The smallest absolute Gasteiger partial charge is 0.227 e. The number of guanidine groups is 1. The van der Waals surface area contributed by atoms with E-state index in [1.54, 1.807) is 13.2 Å². The summed E-state index contributed by atoms with van der Waals surface area (Å²) in [6, 6.07) is 3.74. The third-order valence-electron chi connectivity index (χ3n) is 4.95. The van der Waals surface area contributed by atoms with Crippen LogP contribution in [0, 0.1) is 6.92 Å². The molecule has 0 atom stereocenters. The van der Waals surface area contributed by atoms with E-state index in [-0.39, 0.29) is 11.4 Å². The van der Waals surface area contributed by atoms with Crippen molar-refractivity contribution in [3.63, 3.8) is 0 Å². The Hall–Kier alpha value is -2.15. The van der Waals surface area contributed by atoms with Crippen molar-refractivity contribution in [1.82, 2.24) is 20.5 Å². The lowest BCUT2D eigenvalue weighted by Crippen LogP contribution is -2.55. The topological polar surface area (TPSA) is 81.6 Å². The van der Waals surface area contributed by atoms with E-state index in [1.807, 2.05) is 19.1 Å². The summed E-state index contributed by atoms with van der Waals surface area (Å²) in [5.74, 6) is 1.24. The van der Waals surface area contributed by atoms with Gasteiger partial charge in [-0.25, -0.2) is 4.98 Å². The molecule has 1 aromatic rings. The van der Waals surface area contributed by atoms with Crippen LogP contribution in [0.2, 0.25) is 0 Å². The Kier molecular flexibility index (Phi) is 8.03. The Bertz CT molecular complexity index is 620. The van der Waals surface area contributed by atoms with Crippen molar-refractivity contribution >= 4 is 17.7 Å². The minimum atomic E-state index is -0.0667. The maximum absolute atomic E-state index is 12.0. The summed E-state index contributed by atoms with van der Waals surface area (Å²) in [7, 11) is 1.75. The van der Waals surface area contributed by atoms with Crippen molar-refractivity contribution < 1.29 is 4.79 Å². The molecule has 7 heteroatoms. The molecule has 0 bridgehead atoms. The van der Waals surface area contributed by atoms with Gasteiger partial charge < -0.3 is 16.0 Å². The van der Waals surface area contributed by atoms with Gasteiger partial charge in [-0.3, -0.25) is 14.7 Å². The molecule has 150 valence electrons. The number of piperidine rings is 1. The van der Waals surface area contributed by atoms with Crippen molar-refractivity contribution in [3.05, 3.63) is 23.9 Å². The lowest BCUT2D eigenvalue weighted by atomic mass is 9.98. The monoisotopic (exact) mass is 374 g/mol. The van der Waals surface area contributed by atoms with Gasteiger partial charge in [-0.05, 0) is 58.3 Å². The van der Waals surface area contributed by atoms with Gasteiger partial charge in [0, 0.05) is 38.3 Å². The highest BCUT2D eigenvalue weighted by molar-refractivity contribution is 5.90. The molecule has 1 aliphatic rings. The molecular weight excluding hydrogens is 340 g/mol. The summed E-state index contributed by atoms with van der Waals surface area (Å²) in [6.45, 7) is 10.1. The number of rotatable bonds is 7. The van der Waals surface area contributed by atoms with Crippen LogP contribution in [0.25, 0.3) is 0 Å². The van der Waals surface area contributed by atoms with Gasteiger partial charge in [0.05, 0.1) is 0 Å². The lowest BCUT2D eigenvalue weighted by Gasteiger charge is -2.41. The Labute approximate surface area is 163 Å². The van der Waals surface area contributed by atoms with Gasteiger partial charge in [0.1, 0.15) is 5.82 Å². The second-order valence-electron chi connectivity index (χ2n) is 7.73. The van der Waals surface area contributed by atoms with E-state index in [2.05, 4.69) is 44.7 Å². The second-order valence-corrected chi connectivity index (χ2v) is 7.73. The molecule has 1 fully saturated rings. The van der Waals surface area contributed by atoms with Crippen LogP contribution in [0.1, 0.15) is 45.1 Å². The van der Waals surface area contributed by atoms with Crippen LogP contribution in [0.3, 0.4) is 0 Å². The molecule has 27 heavy (non-hydrogen) atoms.